The van der Waals surface area contributed by atoms with E-state index in [2.05, 4.69) is 18.3 Å². The third kappa shape index (κ3) is 3.35. The number of aryl methyl sites for hydroxylation is 1. The van der Waals surface area contributed by atoms with E-state index >= 15 is 0 Å². The minimum absolute atomic E-state index is 0.498. The molecule has 0 saturated heterocycles. The van der Waals surface area contributed by atoms with Crippen LogP contribution in [-0.2, 0) is 0 Å². The van der Waals surface area contributed by atoms with Crippen molar-refractivity contribution < 1.29 is 0 Å². The minimum Gasteiger partial charge on any atom is -0.264 e. The van der Waals surface area contributed by atoms with Crippen LogP contribution in [0.1, 0.15) is 25.0 Å². The molecule has 0 N–H and O–H groups in total. The zero-order chi connectivity index (χ0) is 11.1. The number of rotatable bonds is 2. The molecule has 0 unspecified atom stereocenters. The highest BCUT2D eigenvalue weighted by atomic mass is 35.5. The first-order valence-corrected chi connectivity index (χ1v) is 4.95. The molecule has 1 aromatic carbocycles. The summed E-state index contributed by atoms with van der Waals surface area (Å²) in [6.45, 7) is 13.1. The van der Waals surface area contributed by atoms with Gasteiger partial charge in [0, 0.05) is 10.6 Å². The fourth-order valence-electron chi connectivity index (χ4n) is 1.00. The van der Waals surface area contributed by atoms with Gasteiger partial charge in [-0.2, -0.15) is 0 Å². The summed E-state index contributed by atoms with van der Waals surface area (Å²) in [6.07, 6.45) is 0. The van der Waals surface area contributed by atoms with Crippen LogP contribution < -0.4 is 0 Å². The number of aliphatic imine (C=N–C) groups is 1. The van der Waals surface area contributed by atoms with E-state index in [0.29, 0.717) is 5.03 Å². The van der Waals surface area contributed by atoms with Crippen molar-refractivity contribution in [3.8, 4) is 0 Å². The van der Waals surface area contributed by atoms with Gasteiger partial charge in [0.25, 0.3) is 0 Å². The lowest BCUT2D eigenvalue weighted by Crippen LogP contribution is -1.79. The summed E-state index contributed by atoms with van der Waals surface area (Å²) in [6, 6.07) is 5.79. The van der Waals surface area contributed by atoms with Crippen LogP contribution in [0.5, 0.6) is 0 Å². The molecular weight excluding hydrogens is 194 g/mol. The molecule has 0 heterocycles. The van der Waals surface area contributed by atoms with Gasteiger partial charge < -0.3 is 0 Å². The van der Waals surface area contributed by atoms with Crippen LogP contribution in [-0.4, -0.2) is 6.72 Å². The topological polar surface area (TPSA) is 12.4 Å². The lowest BCUT2D eigenvalue weighted by atomic mass is 10.1. The molecule has 2 heteroatoms. The first-order chi connectivity index (χ1) is 6.65. The molecule has 0 aromatic heterocycles. The molecule has 1 aromatic rings. The largest absolute Gasteiger partial charge is 0.264 e. The van der Waals surface area contributed by atoms with Crippen LogP contribution in [0.3, 0.4) is 0 Å². The first kappa shape index (κ1) is 12.9. The van der Waals surface area contributed by atoms with E-state index in [4.69, 9.17) is 11.6 Å². The van der Waals surface area contributed by atoms with Crippen LogP contribution >= 0.6 is 11.6 Å². The van der Waals surface area contributed by atoms with Gasteiger partial charge in [-0.3, -0.25) is 4.99 Å². The van der Waals surface area contributed by atoms with Gasteiger partial charge in [0.1, 0.15) is 0 Å². The zero-order valence-corrected chi connectivity index (χ0v) is 9.73. The van der Waals surface area contributed by atoms with Gasteiger partial charge in [-0.15, -0.1) is 0 Å². The Hall–Kier alpha value is -1.08. The Balaban J connectivity index is 0.000000791. The maximum atomic E-state index is 5.76. The summed E-state index contributed by atoms with van der Waals surface area (Å²) in [5, 5.41) is 0.498. The SMILES string of the molecule is C=Nc1cc(C)ccc1C(=C)Cl.CC. The van der Waals surface area contributed by atoms with E-state index in [-0.39, 0.29) is 0 Å². The van der Waals surface area contributed by atoms with Crippen molar-refractivity contribution in [3.63, 3.8) is 0 Å². The highest BCUT2D eigenvalue weighted by Gasteiger charge is 2.01. The monoisotopic (exact) mass is 209 g/mol. The van der Waals surface area contributed by atoms with Crippen LogP contribution in [0.2, 0.25) is 0 Å². The Morgan fingerprint density at radius 1 is 1.36 bits per heavy atom. The van der Waals surface area contributed by atoms with E-state index < -0.39 is 0 Å². The number of benzene rings is 1. The lowest BCUT2D eigenvalue weighted by Gasteiger charge is -2.03. The van der Waals surface area contributed by atoms with Gasteiger partial charge in [-0.05, 0) is 25.3 Å². The minimum atomic E-state index is 0.498. The summed E-state index contributed by atoms with van der Waals surface area (Å²) in [5.41, 5.74) is 2.77. The van der Waals surface area contributed by atoms with Gasteiger partial charge in [-0.1, -0.05) is 44.2 Å². The predicted molar refractivity (Wildman–Crippen MR) is 66.6 cm³/mol. The molecule has 0 bridgehead atoms. The highest BCUT2D eigenvalue weighted by Crippen LogP contribution is 2.28. The highest BCUT2D eigenvalue weighted by molar-refractivity contribution is 6.48. The summed E-state index contributed by atoms with van der Waals surface area (Å²) < 4.78 is 0. The van der Waals surface area contributed by atoms with Crippen LogP contribution in [0, 0.1) is 6.92 Å². The van der Waals surface area contributed by atoms with Crippen molar-refractivity contribution in [3.05, 3.63) is 35.9 Å². The van der Waals surface area contributed by atoms with Gasteiger partial charge >= 0.3 is 0 Å². The molecule has 76 valence electrons. The Labute approximate surface area is 91.1 Å². The smallest absolute Gasteiger partial charge is 0.0712 e. The summed E-state index contributed by atoms with van der Waals surface area (Å²) in [7, 11) is 0. The maximum absolute atomic E-state index is 5.76. The van der Waals surface area contributed by atoms with E-state index in [1.54, 1.807) is 0 Å². The van der Waals surface area contributed by atoms with Crippen molar-refractivity contribution in [1.82, 2.24) is 0 Å². The van der Waals surface area contributed by atoms with Crippen LogP contribution in [0.4, 0.5) is 5.69 Å². The number of halogens is 1. The van der Waals surface area contributed by atoms with E-state index in [9.17, 15) is 0 Å². The molecule has 1 rings (SSSR count). The molecule has 0 saturated carbocycles. The molecule has 1 nitrogen and oxygen atoms in total. The standard InChI is InChI=1S/C10H10ClN.C2H6/c1-7-4-5-9(8(2)11)10(6-7)12-3;1-2/h4-6H,2-3H2,1H3;1-2H3. The second-order valence-corrected chi connectivity index (χ2v) is 3.04. The van der Waals surface area contributed by atoms with Gasteiger partial charge in [0.05, 0.1) is 5.69 Å². The van der Waals surface area contributed by atoms with Gasteiger partial charge in [-0.25, -0.2) is 0 Å². The third-order valence-corrected chi connectivity index (χ3v) is 1.82. The lowest BCUT2D eigenvalue weighted by molar-refractivity contribution is 1.42. The van der Waals surface area contributed by atoms with E-state index in [0.717, 1.165) is 16.8 Å². The van der Waals surface area contributed by atoms with Crippen molar-refractivity contribution in [2.24, 2.45) is 4.99 Å². The Morgan fingerprint density at radius 3 is 2.36 bits per heavy atom. The first-order valence-electron chi connectivity index (χ1n) is 4.57. The van der Waals surface area contributed by atoms with Crippen molar-refractivity contribution >= 4 is 29.0 Å². The van der Waals surface area contributed by atoms with Gasteiger partial charge in [0.2, 0.25) is 0 Å². The molecule has 0 fully saturated rings. The fraction of sp³-hybridized carbons (Fsp3) is 0.250. The molecule has 0 spiro atoms. The van der Waals surface area contributed by atoms with Gasteiger partial charge in [0.15, 0.2) is 0 Å². The average Bonchev–Trinajstić information content (AvgIpc) is 2.20. The molecule has 0 amide bonds. The number of hydrogen-bond donors (Lipinski definition) is 0. The molecule has 14 heavy (non-hydrogen) atoms. The molecule has 0 atom stereocenters. The van der Waals surface area contributed by atoms with E-state index in [1.807, 2.05) is 39.0 Å². The molecular formula is C12H16ClN. The average molecular weight is 210 g/mol. The predicted octanol–water partition coefficient (Wildman–Crippen LogP) is 4.56. The maximum Gasteiger partial charge on any atom is 0.0712 e. The molecule has 0 aliphatic carbocycles. The normalized spacial score (nSPS) is 8.57. The Morgan fingerprint density at radius 2 is 1.93 bits per heavy atom. The fourth-order valence-corrected chi connectivity index (χ4v) is 1.16. The van der Waals surface area contributed by atoms with Crippen molar-refractivity contribution in [1.29, 1.82) is 0 Å². The summed E-state index contributed by atoms with van der Waals surface area (Å²) in [5.74, 6) is 0. The number of nitrogens with zero attached hydrogens (tertiary/aromatic N) is 1. The molecule has 0 radical (unpaired) electrons. The van der Waals surface area contributed by atoms with Crippen molar-refractivity contribution in [2.45, 2.75) is 20.8 Å². The number of hydrogen-bond acceptors (Lipinski definition) is 1. The molecule has 0 aliphatic heterocycles. The third-order valence-electron chi connectivity index (χ3n) is 1.62. The second-order valence-electron chi connectivity index (χ2n) is 2.58. The zero-order valence-electron chi connectivity index (χ0n) is 8.97. The summed E-state index contributed by atoms with van der Waals surface area (Å²) >= 11 is 5.76. The van der Waals surface area contributed by atoms with Crippen LogP contribution in [0.15, 0.2) is 29.8 Å². The Kier molecular flexibility index (Phi) is 5.89. The van der Waals surface area contributed by atoms with Crippen molar-refractivity contribution in [2.75, 3.05) is 0 Å². The Bertz CT molecular complexity index is 329. The summed E-state index contributed by atoms with van der Waals surface area (Å²) in [4.78, 5) is 3.86. The quantitative estimate of drug-likeness (QED) is 0.633. The van der Waals surface area contributed by atoms with Crippen LogP contribution in [0.25, 0.3) is 5.03 Å². The second kappa shape index (κ2) is 6.39. The molecule has 0 aliphatic rings. The van der Waals surface area contributed by atoms with E-state index in [1.165, 1.54) is 0 Å².